The lowest BCUT2D eigenvalue weighted by atomic mass is 10.1. The van der Waals surface area contributed by atoms with Gasteiger partial charge in [0.2, 0.25) is 0 Å². The molecule has 10 nitrogen and oxygen atoms in total. The maximum Gasteiger partial charge on any atom is 0.253 e. The number of anilines is 3. The van der Waals surface area contributed by atoms with Crippen LogP contribution in [0.3, 0.4) is 0 Å². The molecule has 13 heteroatoms. The van der Waals surface area contributed by atoms with Crippen LogP contribution < -0.4 is 9.80 Å². The van der Waals surface area contributed by atoms with Gasteiger partial charge in [-0.25, -0.2) is 18.3 Å². The summed E-state index contributed by atoms with van der Waals surface area (Å²) in [6.45, 7) is 0.616. The molecule has 1 aliphatic heterocycles. The zero-order valence-electron chi connectivity index (χ0n) is 22.2. The predicted molar refractivity (Wildman–Crippen MR) is 149 cm³/mol. The fourth-order valence-electron chi connectivity index (χ4n) is 5.16. The van der Waals surface area contributed by atoms with Crippen molar-refractivity contribution in [2.45, 2.75) is 24.9 Å². The quantitative estimate of drug-likeness (QED) is 0.342. The predicted octanol–water partition coefficient (Wildman–Crippen LogP) is 3.25. The highest BCUT2D eigenvalue weighted by Crippen LogP contribution is 2.48. The van der Waals surface area contributed by atoms with Crippen molar-refractivity contribution in [2.24, 2.45) is 0 Å². The van der Waals surface area contributed by atoms with E-state index in [9.17, 15) is 19.6 Å². The first-order valence-electron chi connectivity index (χ1n) is 13.2. The standard InChI is InChI=1S/C28H27F2N7O3S/c1-34(28-32-24(23(13-31)41-28)16-4-6-18(29)7-5-16)26-21-12-20(19(30)14-37(21)33-25(26)17-2-3-17)35-8-10-36(11-9-35)27(40)22(39)15-38/h4-7,12,14,17,22,38-39H,2-3,8-11,15H2,1H3. The number of aromatic nitrogens is 3. The molecule has 2 aliphatic rings. The van der Waals surface area contributed by atoms with Crippen molar-refractivity contribution in [1.29, 1.82) is 5.26 Å². The van der Waals surface area contributed by atoms with Gasteiger partial charge in [-0.2, -0.15) is 10.4 Å². The molecular weight excluding hydrogens is 552 g/mol. The van der Waals surface area contributed by atoms with Crippen molar-refractivity contribution in [3.63, 3.8) is 0 Å². The van der Waals surface area contributed by atoms with Gasteiger partial charge in [-0.1, -0.05) is 11.3 Å². The first-order chi connectivity index (χ1) is 19.8. The van der Waals surface area contributed by atoms with Crippen molar-refractivity contribution in [2.75, 3.05) is 49.6 Å². The lowest BCUT2D eigenvalue weighted by molar-refractivity contribution is -0.142. The number of nitriles is 1. The number of fused-ring (bicyclic) bond motifs is 1. The third-order valence-corrected chi connectivity index (χ3v) is 8.55. The fraction of sp³-hybridized carbons (Fsp3) is 0.357. The Morgan fingerprint density at radius 2 is 1.93 bits per heavy atom. The largest absolute Gasteiger partial charge is 0.393 e. The summed E-state index contributed by atoms with van der Waals surface area (Å²) in [5.74, 6) is -1.14. The zero-order chi connectivity index (χ0) is 28.8. The van der Waals surface area contributed by atoms with Gasteiger partial charge >= 0.3 is 0 Å². The van der Waals surface area contributed by atoms with Gasteiger partial charge in [-0.3, -0.25) is 4.79 Å². The van der Waals surface area contributed by atoms with E-state index in [4.69, 9.17) is 15.2 Å². The average Bonchev–Trinajstić information content (AvgIpc) is 3.64. The molecule has 1 saturated carbocycles. The van der Waals surface area contributed by atoms with Crippen molar-refractivity contribution in [3.8, 4) is 17.3 Å². The number of hydrogen-bond acceptors (Lipinski definition) is 9. The summed E-state index contributed by atoms with van der Waals surface area (Å²) in [5, 5.41) is 33.9. The highest BCUT2D eigenvalue weighted by Gasteiger charge is 2.34. The maximum atomic E-state index is 15.4. The minimum absolute atomic E-state index is 0.235. The maximum absolute atomic E-state index is 15.4. The minimum atomic E-state index is -1.46. The molecule has 1 unspecified atom stereocenters. The number of nitrogens with zero attached hydrogens (tertiary/aromatic N) is 7. The Bertz CT molecular complexity index is 1650. The van der Waals surface area contributed by atoms with Crippen LogP contribution in [0.15, 0.2) is 36.5 Å². The number of piperazine rings is 1. The Morgan fingerprint density at radius 3 is 2.56 bits per heavy atom. The van der Waals surface area contributed by atoms with Crippen LogP contribution in [0.25, 0.3) is 16.8 Å². The molecule has 0 bridgehead atoms. The van der Waals surface area contributed by atoms with Gasteiger partial charge in [0.25, 0.3) is 5.91 Å². The van der Waals surface area contributed by atoms with Crippen molar-refractivity contribution in [1.82, 2.24) is 19.5 Å². The molecule has 0 radical (unpaired) electrons. The van der Waals surface area contributed by atoms with Gasteiger partial charge in [-0.15, -0.1) is 0 Å². The second-order valence-electron chi connectivity index (χ2n) is 10.2. The van der Waals surface area contributed by atoms with Crippen LogP contribution in [0.4, 0.5) is 25.3 Å². The zero-order valence-corrected chi connectivity index (χ0v) is 23.0. The Morgan fingerprint density at radius 1 is 1.22 bits per heavy atom. The highest BCUT2D eigenvalue weighted by atomic mass is 32.1. The second-order valence-corrected chi connectivity index (χ2v) is 11.2. The number of thiazole rings is 1. The van der Waals surface area contributed by atoms with Crippen LogP contribution >= 0.6 is 11.3 Å². The Balaban J connectivity index is 1.36. The number of amides is 1. The van der Waals surface area contributed by atoms with E-state index >= 15 is 4.39 Å². The molecule has 6 rings (SSSR count). The SMILES string of the molecule is CN(c1nc(-c2ccc(F)cc2)c(C#N)s1)c1c(C2CC2)nn2cc(F)c(N3CCN(C(=O)C(O)CO)CC3)cc12. The lowest BCUT2D eigenvalue weighted by Gasteiger charge is -2.36. The third-order valence-electron chi connectivity index (χ3n) is 7.51. The molecule has 1 aromatic carbocycles. The minimum Gasteiger partial charge on any atom is -0.393 e. The number of carbonyl (C=O) groups is 1. The van der Waals surface area contributed by atoms with E-state index in [0.29, 0.717) is 45.6 Å². The summed E-state index contributed by atoms with van der Waals surface area (Å²) < 4.78 is 30.4. The van der Waals surface area contributed by atoms with Gasteiger partial charge in [0.15, 0.2) is 17.1 Å². The van der Waals surface area contributed by atoms with Crippen molar-refractivity contribution < 1.29 is 23.8 Å². The number of benzene rings is 1. The van der Waals surface area contributed by atoms with Crippen LogP contribution in [0, 0.1) is 23.0 Å². The molecule has 1 atom stereocenters. The van der Waals surface area contributed by atoms with Crippen LogP contribution in [0.5, 0.6) is 0 Å². The number of pyridine rings is 1. The number of aliphatic hydroxyl groups excluding tert-OH is 2. The third kappa shape index (κ3) is 4.99. The van der Waals surface area contributed by atoms with Gasteiger partial charge in [0, 0.05) is 44.7 Å². The van der Waals surface area contributed by atoms with E-state index in [1.165, 1.54) is 39.1 Å². The van der Waals surface area contributed by atoms with Gasteiger partial charge in [0.05, 0.1) is 35.4 Å². The Hall–Kier alpha value is -4.12. The van der Waals surface area contributed by atoms with Gasteiger partial charge in [0.1, 0.15) is 22.5 Å². The van der Waals surface area contributed by atoms with E-state index in [2.05, 4.69) is 6.07 Å². The first kappa shape index (κ1) is 27.1. The molecule has 4 heterocycles. The Kier molecular flexibility index (Phi) is 7.06. The first-order valence-corrected chi connectivity index (χ1v) is 14.1. The van der Waals surface area contributed by atoms with Crippen molar-refractivity contribution in [3.05, 3.63) is 58.7 Å². The molecule has 1 saturated heterocycles. The number of halogens is 2. The fourth-order valence-corrected chi connectivity index (χ4v) is 6.02. The van der Waals surface area contributed by atoms with Gasteiger partial charge in [-0.05, 0) is 43.2 Å². The van der Waals surface area contributed by atoms with Crippen LogP contribution in [0.2, 0.25) is 0 Å². The number of aliphatic hydroxyl groups is 2. The monoisotopic (exact) mass is 579 g/mol. The van der Waals surface area contributed by atoms with Crippen LogP contribution in [-0.4, -0.2) is 81.6 Å². The van der Waals surface area contributed by atoms with E-state index in [0.717, 1.165) is 24.2 Å². The lowest BCUT2D eigenvalue weighted by Crippen LogP contribution is -2.52. The molecule has 4 aromatic rings. The molecule has 212 valence electrons. The molecule has 1 aliphatic carbocycles. The topological polar surface area (TPSA) is 121 Å². The van der Waals surface area contributed by atoms with E-state index in [-0.39, 0.29) is 24.8 Å². The second kappa shape index (κ2) is 10.7. The number of hydrogen-bond donors (Lipinski definition) is 2. The molecular formula is C28H27F2N7O3S. The molecule has 3 aromatic heterocycles. The molecule has 41 heavy (non-hydrogen) atoms. The smallest absolute Gasteiger partial charge is 0.253 e. The summed E-state index contributed by atoms with van der Waals surface area (Å²) in [6.07, 6.45) is 1.83. The van der Waals surface area contributed by atoms with E-state index in [1.54, 1.807) is 18.2 Å². The summed E-state index contributed by atoms with van der Waals surface area (Å²) in [4.78, 5) is 22.6. The van der Waals surface area contributed by atoms with Crippen molar-refractivity contribution >= 4 is 39.3 Å². The van der Waals surface area contributed by atoms with Crippen LogP contribution in [-0.2, 0) is 4.79 Å². The summed E-state index contributed by atoms with van der Waals surface area (Å²) in [5.41, 5.74) is 3.75. The summed E-state index contributed by atoms with van der Waals surface area (Å²) in [6, 6.07) is 9.79. The Labute approximate surface area is 238 Å². The number of rotatable bonds is 7. The molecule has 2 N–H and O–H groups in total. The molecule has 1 amide bonds. The van der Waals surface area contributed by atoms with Gasteiger partial charge < -0.3 is 24.9 Å². The van der Waals surface area contributed by atoms with Crippen LogP contribution in [0.1, 0.15) is 29.3 Å². The highest BCUT2D eigenvalue weighted by molar-refractivity contribution is 7.16. The van der Waals surface area contributed by atoms with E-state index < -0.39 is 24.4 Å². The molecule has 0 spiro atoms. The molecule has 2 fully saturated rings. The van der Waals surface area contributed by atoms with E-state index in [1.807, 2.05) is 16.8 Å². The normalized spacial score (nSPS) is 16.2. The summed E-state index contributed by atoms with van der Waals surface area (Å²) in [7, 11) is 1.84. The summed E-state index contributed by atoms with van der Waals surface area (Å²) >= 11 is 1.22. The number of carbonyl (C=O) groups excluding carboxylic acids is 1. The average molecular weight is 580 g/mol.